The molecular formula is C24H31N3. The summed E-state index contributed by atoms with van der Waals surface area (Å²) in [5.41, 5.74) is 12.6. The van der Waals surface area contributed by atoms with Crippen LogP contribution < -0.4 is 5.73 Å². The maximum atomic E-state index is 6.43. The average Bonchev–Trinajstić information content (AvgIpc) is 2.71. The predicted molar refractivity (Wildman–Crippen MR) is 115 cm³/mol. The Balaban J connectivity index is 1.90. The van der Waals surface area contributed by atoms with Crippen molar-refractivity contribution in [1.29, 1.82) is 0 Å². The van der Waals surface area contributed by atoms with E-state index in [0.29, 0.717) is 0 Å². The van der Waals surface area contributed by atoms with Gasteiger partial charge in [-0.15, -0.1) is 0 Å². The van der Waals surface area contributed by atoms with Gasteiger partial charge in [0.2, 0.25) is 0 Å². The standard InChI is InChI=1S/C24H31N3/c1-5-18-10-8-9-17(4)23(18)19-11-12-21-20(15-19)16-26-22(27-21)13-14-24(25,6-2)7-3/h8-12,15-16H,5-7,13-14,25H2,1-4H3. The summed E-state index contributed by atoms with van der Waals surface area (Å²) >= 11 is 0. The first-order chi connectivity index (χ1) is 13.0. The smallest absolute Gasteiger partial charge is 0.129 e. The number of hydrogen-bond donors (Lipinski definition) is 1. The second-order valence-corrected chi connectivity index (χ2v) is 7.59. The van der Waals surface area contributed by atoms with Gasteiger partial charge in [-0.1, -0.05) is 45.0 Å². The highest BCUT2D eigenvalue weighted by molar-refractivity contribution is 5.85. The van der Waals surface area contributed by atoms with Gasteiger partial charge in [0.05, 0.1) is 5.52 Å². The third-order valence-electron chi connectivity index (χ3n) is 5.91. The quantitative estimate of drug-likeness (QED) is 0.594. The molecule has 0 radical (unpaired) electrons. The Bertz CT molecular complexity index is 926. The summed E-state index contributed by atoms with van der Waals surface area (Å²) in [4.78, 5) is 9.39. The summed E-state index contributed by atoms with van der Waals surface area (Å²) in [6.45, 7) is 8.70. The molecule has 3 nitrogen and oxygen atoms in total. The molecule has 0 aliphatic rings. The van der Waals surface area contributed by atoms with Crippen LogP contribution in [0.4, 0.5) is 0 Å². The number of aryl methyl sites for hydroxylation is 3. The molecule has 2 N–H and O–H groups in total. The van der Waals surface area contributed by atoms with Crippen LogP contribution in [0.25, 0.3) is 22.0 Å². The Labute approximate surface area is 163 Å². The van der Waals surface area contributed by atoms with Crippen LogP contribution >= 0.6 is 0 Å². The van der Waals surface area contributed by atoms with Gasteiger partial charge in [0, 0.05) is 23.5 Å². The summed E-state index contributed by atoms with van der Waals surface area (Å²) in [7, 11) is 0. The summed E-state index contributed by atoms with van der Waals surface area (Å²) < 4.78 is 0. The lowest BCUT2D eigenvalue weighted by molar-refractivity contribution is 0.364. The van der Waals surface area contributed by atoms with Crippen molar-refractivity contribution >= 4 is 10.9 Å². The van der Waals surface area contributed by atoms with E-state index in [-0.39, 0.29) is 5.54 Å². The van der Waals surface area contributed by atoms with Gasteiger partial charge in [0.25, 0.3) is 0 Å². The lowest BCUT2D eigenvalue weighted by Gasteiger charge is -2.26. The van der Waals surface area contributed by atoms with E-state index in [9.17, 15) is 0 Å². The first-order valence-electron chi connectivity index (χ1n) is 10.1. The third kappa shape index (κ3) is 4.19. The van der Waals surface area contributed by atoms with Crippen LogP contribution in [0.5, 0.6) is 0 Å². The van der Waals surface area contributed by atoms with Crippen LogP contribution in [0.15, 0.2) is 42.6 Å². The van der Waals surface area contributed by atoms with Crippen molar-refractivity contribution in [1.82, 2.24) is 9.97 Å². The van der Waals surface area contributed by atoms with Crippen LogP contribution in [-0.2, 0) is 12.8 Å². The number of rotatable bonds is 7. The van der Waals surface area contributed by atoms with Crippen molar-refractivity contribution in [2.24, 2.45) is 5.73 Å². The highest BCUT2D eigenvalue weighted by atomic mass is 14.9. The summed E-state index contributed by atoms with van der Waals surface area (Å²) in [6.07, 6.45) is 6.70. The molecule has 0 fully saturated rings. The molecule has 27 heavy (non-hydrogen) atoms. The molecule has 142 valence electrons. The molecule has 0 amide bonds. The monoisotopic (exact) mass is 361 g/mol. The van der Waals surface area contributed by atoms with Gasteiger partial charge in [0.1, 0.15) is 5.82 Å². The van der Waals surface area contributed by atoms with E-state index in [1.807, 2.05) is 6.20 Å². The van der Waals surface area contributed by atoms with E-state index in [1.54, 1.807) is 0 Å². The van der Waals surface area contributed by atoms with Crippen molar-refractivity contribution in [3.05, 3.63) is 59.5 Å². The second kappa shape index (κ2) is 8.18. The lowest BCUT2D eigenvalue weighted by Crippen LogP contribution is -2.38. The predicted octanol–water partition coefficient (Wildman–Crippen LogP) is 5.62. The molecule has 1 heterocycles. The highest BCUT2D eigenvalue weighted by Crippen LogP contribution is 2.30. The fraction of sp³-hybridized carbons (Fsp3) is 0.417. The molecule has 3 aromatic rings. The van der Waals surface area contributed by atoms with E-state index in [1.165, 1.54) is 22.3 Å². The molecule has 0 saturated carbocycles. The second-order valence-electron chi connectivity index (χ2n) is 7.59. The topological polar surface area (TPSA) is 51.8 Å². The maximum absolute atomic E-state index is 6.43. The average molecular weight is 362 g/mol. The van der Waals surface area contributed by atoms with Crippen molar-refractivity contribution in [2.45, 2.75) is 65.3 Å². The van der Waals surface area contributed by atoms with Crippen LogP contribution in [-0.4, -0.2) is 15.5 Å². The van der Waals surface area contributed by atoms with Gasteiger partial charge >= 0.3 is 0 Å². The molecule has 0 aliphatic carbocycles. The van der Waals surface area contributed by atoms with E-state index in [4.69, 9.17) is 10.7 Å². The van der Waals surface area contributed by atoms with Gasteiger partial charge in [-0.2, -0.15) is 0 Å². The normalized spacial score (nSPS) is 11.9. The Kier molecular flexibility index (Phi) is 5.91. The SMILES string of the molecule is CCc1cccc(C)c1-c1ccc2nc(CCC(N)(CC)CC)ncc2c1. The number of nitrogens with two attached hydrogens (primary N) is 1. The Morgan fingerprint density at radius 2 is 1.81 bits per heavy atom. The molecule has 3 heteroatoms. The summed E-state index contributed by atoms with van der Waals surface area (Å²) in [5.74, 6) is 0.886. The lowest BCUT2D eigenvalue weighted by atomic mass is 9.89. The summed E-state index contributed by atoms with van der Waals surface area (Å²) in [5, 5.41) is 1.09. The molecule has 1 aromatic heterocycles. The minimum absolute atomic E-state index is 0.108. The van der Waals surface area contributed by atoms with E-state index in [2.05, 4.69) is 69.1 Å². The Hall–Kier alpha value is -2.26. The van der Waals surface area contributed by atoms with E-state index < -0.39 is 0 Å². The summed E-state index contributed by atoms with van der Waals surface area (Å²) in [6, 6.07) is 13.1. The van der Waals surface area contributed by atoms with Gasteiger partial charge in [-0.3, -0.25) is 0 Å². The maximum Gasteiger partial charge on any atom is 0.129 e. The van der Waals surface area contributed by atoms with Gasteiger partial charge in [-0.05, 0) is 67.0 Å². The first-order valence-corrected chi connectivity index (χ1v) is 10.1. The number of nitrogens with zero attached hydrogens (tertiary/aromatic N) is 2. The Morgan fingerprint density at radius 1 is 1.04 bits per heavy atom. The number of aromatic nitrogens is 2. The van der Waals surface area contributed by atoms with E-state index >= 15 is 0 Å². The zero-order valence-corrected chi connectivity index (χ0v) is 17.0. The van der Waals surface area contributed by atoms with Crippen LogP contribution in [0.3, 0.4) is 0 Å². The molecule has 2 aromatic carbocycles. The molecule has 0 spiro atoms. The molecule has 0 bridgehead atoms. The molecule has 0 saturated heterocycles. The fourth-order valence-electron chi connectivity index (χ4n) is 3.75. The molecule has 0 unspecified atom stereocenters. The number of fused-ring (bicyclic) bond motifs is 1. The van der Waals surface area contributed by atoms with Crippen LogP contribution in [0.2, 0.25) is 0 Å². The van der Waals surface area contributed by atoms with Crippen molar-refractivity contribution < 1.29 is 0 Å². The van der Waals surface area contributed by atoms with Gasteiger partial charge in [0.15, 0.2) is 0 Å². The van der Waals surface area contributed by atoms with Crippen molar-refractivity contribution in [2.75, 3.05) is 0 Å². The molecule has 0 atom stereocenters. The minimum Gasteiger partial charge on any atom is -0.325 e. The Morgan fingerprint density at radius 3 is 2.52 bits per heavy atom. The van der Waals surface area contributed by atoms with Gasteiger partial charge < -0.3 is 5.73 Å². The van der Waals surface area contributed by atoms with Crippen molar-refractivity contribution in [3.63, 3.8) is 0 Å². The largest absolute Gasteiger partial charge is 0.325 e. The molecule has 3 rings (SSSR count). The first kappa shape index (κ1) is 19.5. The van der Waals surface area contributed by atoms with Crippen LogP contribution in [0, 0.1) is 6.92 Å². The van der Waals surface area contributed by atoms with Gasteiger partial charge in [-0.25, -0.2) is 9.97 Å². The van der Waals surface area contributed by atoms with Crippen LogP contribution in [0.1, 0.15) is 57.0 Å². The van der Waals surface area contributed by atoms with E-state index in [0.717, 1.165) is 48.8 Å². The molecular weight excluding hydrogens is 330 g/mol. The number of hydrogen-bond acceptors (Lipinski definition) is 3. The molecule has 0 aliphatic heterocycles. The minimum atomic E-state index is -0.108. The zero-order chi connectivity index (χ0) is 19.4. The highest BCUT2D eigenvalue weighted by Gasteiger charge is 2.20. The van der Waals surface area contributed by atoms with Crippen molar-refractivity contribution in [3.8, 4) is 11.1 Å². The zero-order valence-electron chi connectivity index (χ0n) is 17.0. The third-order valence-corrected chi connectivity index (χ3v) is 5.91. The fourth-order valence-corrected chi connectivity index (χ4v) is 3.75. The number of benzene rings is 2.